The van der Waals surface area contributed by atoms with Crippen molar-refractivity contribution in [3.05, 3.63) is 10.6 Å². The predicted molar refractivity (Wildman–Crippen MR) is 76.0 cm³/mol. The van der Waals surface area contributed by atoms with E-state index < -0.39 is 0 Å². The molecule has 20 heavy (non-hydrogen) atoms. The van der Waals surface area contributed by atoms with Gasteiger partial charge in [0.05, 0.1) is 6.10 Å². The molecular formula is C13H20N4O2S. The second-order valence-corrected chi connectivity index (χ2v) is 5.99. The second kappa shape index (κ2) is 5.65. The van der Waals surface area contributed by atoms with Crippen molar-refractivity contribution in [1.82, 2.24) is 20.1 Å². The minimum atomic E-state index is -0.283. The van der Waals surface area contributed by atoms with E-state index in [9.17, 15) is 4.79 Å². The lowest BCUT2D eigenvalue weighted by atomic mass is 10.2. The molecule has 2 N–H and O–H groups in total. The van der Waals surface area contributed by atoms with Gasteiger partial charge in [0.25, 0.3) is 0 Å². The fourth-order valence-electron chi connectivity index (χ4n) is 2.63. The maximum Gasteiger partial charge on any atom is 0.249 e. The monoisotopic (exact) mass is 296 g/mol. The van der Waals surface area contributed by atoms with Crippen molar-refractivity contribution in [2.24, 2.45) is 0 Å². The van der Waals surface area contributed by atoms with Crippen LogP contribution in [0.2, 0.25) is 0 Å². The molecule has 1 aliphatic carbocycles. The van der Waals surface area contributed by atoms with Crippen LogP contribution in [0.1, 0.15) is 44.5 Å². The number of hydrogen-bond donors (Lipinski definition) is 2. The molecule has 0 radical (unpaired) electrons. The molecule has 2 aliphatic rings. The molecule has 6 nitrogen and oxygen atoms in total. The summed E-state index contributed by atoms with van der Waals surface area (Å²) in [5.74, 6) is 0.917. The summed E-state index contributed by atoms with van der Waals surface area (Å²) in [5, 5.41) is 10.0. The van der Waals surface area contributed by atoms with E-state index >= 15 is 0 Å². The molecule has 0 aromatic carbocycles. The van der Waals surface area contributed by atoms with Crippen molar-refractivity contribution in [2.45, 2.75) is 57.3 Å². The predicted octanol–water partition coefficient (Wildman–Crippen LogP) is 1.50. The molecule has 110 valence electrons. The first kappa shape index (κ1) is 13.8. The fourth-order valence-corrected chi connectivity index (χ4v) is 2.93. The Bertz CT molecular complexity index is 549. The van der Waals surface area contributed by atoms with Gasteiger partial charge >= 0.3 is 0 Å². The summed E-state index contributed by atoms with van der Waals surface area (Å²) in [5.41, 5.74) is 0. The summed E-state index contributed by atoms with van der Waals surface area (Å²) in [4.78, 5) is 11.9. The Labute approximate surface area is 122 Å². The molecule has 0 spiro atoms. The number of amides is 1. The van der Waals surface area contributed by atoms with Crippen LogP contribution in [0.4, 0.5) is 0 Å². The van der Waals surface area contributed by atoms with Crippen LogP contribution >= 0.6 is 12.2 Å². The number of aromatic amines is 1. The summed E-state index contributed by atoms with van der Waals surface area (Å²) in [6.45, 7) is 2.57. The molecule has 1 aromatic heterocycles. The third-order valence-electron chi connectivity index (χ3n) is 3.86. The van der Waals surface area contributed by atoms with Crippen molar-refractivity contribution in [3.63, 3.8) is 0 Å². The average molecular weight is 296 g/mol. The van der Waals surface area contributed by atoms with Crippen LogP contribution in [0, 0.1) is 4.77 Å². The normalized spacial score (nSPS) is 25.9. The van der Waals surface area contributed by atoms with Gasteiger partial charge in [-0.05, 0) is 44.8 Å². The number of ether oxygens (including phenoxy) is 1. The number of nitrogens with one attached hydrogen (secondary N) is 2. The summed E-state index contributed by atoms with van der Waals surface area (Å²) in [6, 6.07) is 0.506. The highest BCUT2D eigenvalue weighted by atomic mass is 32.1. The fraction of sp³-hybridized carbons (Fsp3) is 0.769. The minimum Gasteiger partial charge on any atom is -0.365 e. The maximum absolute atomic E-state index is 11.9. The number of hydrogen-bond acceptors (Lipinski definition) is 4. The highest BCUT2D eigenvalue weighted by molar-refractivity contribution is 7.71. The third kappa shape index (κ3) is 2.93. The van der Waals surface area contributed by atoms with Gasteiger partial charge in [-0.2, -0.15) is 5.10 Å². The van der Waals surface area contributed by atoms with Crippen LogP contribution < -0.4 is 5.32 Å². The van der Waals surface area contributed by atoms with Crippen molar-refractivity contribution < 1.29 is 9.53 Å². The van der Waals surface area contributed by atoms with Gasteiger partial charge in [-0.15, -0.1) is 0 Å². The number of aromatic nitrogens is 3. The molecule has 1 saturated heterocycles. The van der Waals surface area contributed by atoms with E-state index in [2.05, 4.69) is 20.1 Å². The van der Waals surface area contributed by atoms with E-state index in [4.69, 9.17) is 17.0 Å². The van der Waals surface area contributed by atoms with Crippen LogP contribution in [0.15, 0.2) is 0 Å². The van der Waals surface area contributed by atoms with Crippen molar-refractivity contribution in [3.8, 4) is 0 Å². The Kier molecular flexibility index (Phi) is 3.89. The van der Waals surface area contributed by atoms with Crippen molar-refractivity contribution >= 4 is 18.1 Å². The zero-order valence-corrected chi connectivity index (χ0v) is 12.4. The van der Waals surface area contributed by atoms with E-state index in [1.54, 1.807) is 0 Å². The number of H-pyrrole nitrogens is 1. The van der Waals surface area contributed by atoms with Crippen LogP contribution in [-0.4, -0.2) is 39.4 Å². The molecule has 3 rings (SSSR count). The molecule has 7 heteroatoms. The molecule has 1 amide bonds. The molecule has 1 aromatic rings. The van der Waals surface area contributed by atoms with Gasteiger partial charge in [0.15, 0.2) is 4.77 Å². The van der Waals surface area contributed by atoms with Gasteiger partial charge in [0, 0.05) is 19.0 Å². The molecule has 2 heterocycles. The Hall–Kier alpha value is -1.21. The molecule has 1 saturated carbocycles. The van der Waals surface area contributed by atoms with E-state index in [1.807, 2.05) is 6.92 Å². The molecular weight excluding hydrogens is 276 g/mol. The first-order chi connectivity index (χ1) is 9.65. The number of rotatable bonds is 5. The van der Waals surface area contributed by atoms with Gasteiger partial charge in [-0.3, -0.25) is 9.89 Å². The van der Waals surface area contributed by atoms with Crippen LogP contribution in [0.3, 0.4) is 0 Å². The highest BCUT2D eigenvalue weighted by Gasteiger charge is 2.29. The van der Waals surface area contributed by atoms with E-state index in [0.717, 1.165) is 18.7 Å². The topological polar surface area (TPSA) is 71.9 Å². The highest BCUT2D eigenvalue weighted by Crippen LogP contribution is 2.35. The minimum absolute atomic E-state index is 0.0125. The Morgan fingerprint density at radius 3 is 2.95 bits per heavy atom. The van der Waals surface area contributed by atoms with Crippen molar-refractivity contribution in [2.75, 3.05) is 6.54 Å². The van der Waals surface area contributed by atoms with Gasteiger partial charge in [0.2, 0.25) is 5.91 Å². The Morgan fingerprint density at radius 1 is 1.50 bits per heavy atom. The largest absolute Gasteiger partial charge is 0.365 e. The molecule has 0 unspecified atom stereocenters. The lowest BCUT2D eigenvalue weighted by molar-refractivity contribution is -0.131. The lowest BCUT2D eigenvalue weighted by Crippen LogP contribution is -2.36. The Balaban J connectivity index is 1.50. The SMILES string of the molecule is C[C@@H]1CC[C@@H](C(=O)NCCc2n[nH]c(=S)n2C2CC2)O1. The standard InChI is InChI=1S/C13H20N4O2S/c1-8-2-5-10(19-8)12(18)14-7-6-11-15-16-13(20)17(11)9-3-4-9/h8-10H,2-7H2,1H3,(H,14,18)(H,16,20)/t8-,10+/m1/s1. The first-order valence-corrected chi connectivity index (χ1v) is 7.65. The summed E-state index contributed by atoms with van der Waals surface area (Å²) in [6.07, 6.45) is 4.71. The first-order valence-electron chi connectivity index (χ1n) is 7.24. The maximum atomic E-state index is 11.9. The van der Waals surface area contributed by atoms with E-state index in [-0.39, 0.29) is 18.1 Å². The van der Waals surface area contributed by atoms with Gasteiger partial charge in [-0.25, -0.2) is 0 Å². The second-order valence-electron chi connectivity index (χ2n) is 5.60. The lowest BCUT2D eigenvalue weighted by Gasteiger charge is -2.11. The average Bonchev–Trinajstić information content (AvgIpc) is 3.05. The quantitative estimate of drug-likeness (QED) is 0.808. The smallest absolute Gasteiger partial charge is 0.249 e. The third-order valence-corrected chi connectivity index (χ3v) is 4.15. The summed E-state index contributed by atoms with van der Waals surface area (Å²) >= 11 is 5.23. The Morgan fingerprint density at radius 2 is 2.30 bits per heavy atom. The van der Waals surface area contributed by atoms with Crippen LogP contribution in [0.25, 0.3) is 0 Å². The number of nitrogens with zero attached hydrogens (tertiary/aromatic N) is 2. The zero-order valence-electron chi connectivity index (χ0n) is 11.6. The summed E-state index contributed by atoms with van der Waals surface area (Å²) < 4.78 is 8.31. The van der Waals surface area contributed by atoms with Crippen molar-refractivity contribution in [1.29, 1.82) is 0 Å². The van der Waals surface area contributed by atoms with Crippen LogP contribution in [0.5, 0.6) is 0 Å². The van der Waals surface area contributed by atoms with E-state index in [1.165, 1.54) is 12.8 Å². The van der Waals surface area contributed by atoms with Gasteiger partial charge in [-0.1, -0.05) is 0 Å². The molecule has 0 bridgehead atoms. The van der Waals surface area contributed by atoms with E-state index in [0.29, 0.717) is 23.8 Å². The zero-order chi connectivity index (χ0) is 14.1. The van der Waals surface area contributed by atoms with Gasteiger partial charge < -0.3 is 14.6 Å². The number of carbonyl (C=O) groups excluding carboxylic acids is 1. The van der Waals surface area contributed by atoms with Gasteiger partial charge in [0.1, 0.15) is 11.9 Å². The molecule has 2 atom stereocenters. The van der Waals surface area contributed by atoms with Crippen LogP contribution in [-0.2, 0) is 16.0 Å². The molecule has 2 fully saturated rings. The number of carbonyl (C=O) groups is 1. The summed E-state index contributed by atoms with van der Waals surface area (Å²) in [7, 11) is 0. The molecule has 1 aliphatic heterocycles.